The number of carbonyl (C=O) groups is 1. The number of amides is 1. The van der Waals surface area contributed by atoms with Gasteiger partial charge in [-0.2, -0.15) is 4.98 Å². The first-order valence-corrected chi connectivity index (χ1v) is 12.3. The van der Waals surface area contributed by atoms with Crippen molar-refractivity contribution in [2.75, 3.05) is 43.5 Å². The molecule has 3 heterocycles. The lowest BCUT2D eigenvalue weighted by atomic mass is 9.93. The molecule has 0 unspecified atom stereocenters. The number of hydrogen-bond acceptors (Lipinski definition) is 9. The van der Waals surface area contributed by atoms with Crippen LogP contribution in [-0.2, 0) is 4.74 Å². The summed E-state index contributed by atoms with van der Waals surface area (Å²) in [5.41, 5.74) is 0.795. The second-order valence-electron chi connectivity index (χ2n) is 8.32. The number of aromatic nitrogens is 3. The van der Waals surface area contributed by atoms with E-state index in [1.807, 2.05) is 4.90 Å². The van der Waals surface area contributed by atoms with Crippen LogP contribution in [0.15, 0.2) is 12.4 Å². The number of aliphatic hydroxyl groups is 1. The molecule has 174 valence electrons. The standard InChI is InChI=1S/C22H32N6O3S/c1-2-3-8-23-22-25-13-17(19(27-22)26-15-4-6-16(29)7-5-15)20-24-14-18(32-20)21(30)28-9-11-31-12-10-28/h13-16,29H,2-12H2,1H3,(H2,23,25,26,27). The van der Waals surface area contributed by atoms with Gasteiger partial charge in [0.1, 0.15) is 15.7 Å². The molecule has 0 atom stereocenters. The van der Waals surface area contributed by atoms with Crippen LogP contribution in [0, 0.1) is 0 Å². The zero-order valence-electron chi connectivity index (χ0n) is 18.5. The molecule has 1 amide bonds. The fraction of sp³-hybridized carbons (Fsp3) is 0.636. The summed E-state index contributed by atoms with van der Waals surface area (Å²) in [6.45, 7) is 5.32. The Morgan fingerprint density at radius 1 is 1.22 bits per heavy atom. The molecule has 0 aromatic carbocycles. The van der Waals surface area contributed by atoms with E-state index in [0.29, 0.717) is 37.1 Å². The van der Waals surface area contributed by atoms with Crippen LogP contribution >= 0.6 is 11.3 Å². The molecule has 0 radical (unpaired) electrons. The quantitative estimate of drug-likeness (QED) is 0.516. The summed E-state index contributed by atoms with van der Waals surface area (Å²) in [4.78, 5) is 29.0. The number of nitrogens with one attached hydrogen (secondary N) is 2. The van der Waals surface area contributed by atoms with Crippen molar-refractivity contribution in [2.45, 2.75) is 57.6 Å². The first-order chi connectivity index (χ1) is 15.6. The van der Waals surface area contributed by atoms with E-state index in [4.69, 9.17) is 9.72 Å². The minimum absolute atomic E-state index is 0.00778. The number of rotatable bonds is 8. The number of morpholine rings is 1. The van der Waals surface area contributed by atoms with Crippen LogP contribution < -0.4 is 10.6 Å². The molecule has 2 aliphatic rings. The van der Waals surface area contributed by atoms with Gasteiger partial charge in [-0.3, -0.25) is 4.79 Å². The minimum atomic E-state index is -0.211. The molecular weight excluding hydrogens is 428 g/mol. The Bertz CT molecular complexity index is 894. The smallest absolute Gasteiger partial charge is 0.265 e. The van der Waals surface area contributed by atoms with Crippen LogP contribution in [0.3, 0.4) is 0 Å². The third-order valence-electron chi connectivity index (χ3n) is 5.88. The molecule has 0 spiro atoms. The predicted molar refractivity (Wildman–Crippen MR) is 125 cm³/mol. The van der Waals surface area contributed by atoms with Crippen molar-refractivity contribution < 1.29 is 14.6 Å². The number of aliphatic hydroxyl groups excluding tert-OH is 1. The highest BCUT2D eigenvalue weighted by atomic mass is 32.1. The molecule has 1 aliphatic carbocycles. The van der Waals surface area contributed by atoms with Gasteiger partial charge in [0, 0.05) is 31.9 Å². The molecule has 10 heteroatoms. The van der Waals surface area contributed by atoms with Crippen molar-refractivity contribution in [3.05, 3.63) is 17.3 Å². The number of anilines is 2. The molecule has 0 bridgehead atoms. The highest BCUT2D eigenvalue weighted by molar-refractivity contribution is 7.17. The monoisotopic (exact) mass is 460 g/mol. The number of hydrogen-bond donors (Lipinski definition) is 3. The second-order valence-corrected chi connectivity index (χ2v) is 9.35. The topological polar surface area (TPSA) is 113 Å². The summed E-state index contributed by atoms with van der Waals surface area (Å²) < 4.78 is 5.35. The van der Waals surface area contributed by atoms with Crippen LogP contribution in [0.25, 0.3) is 10.6 Å². The van der Waals surface area contributed by atoms with Gasteiger partial charge < -0.3 is 25.4 Å². The Hall–Kier alpha value is -2.30. The number of nitrogens with zero attached hydrogens (tertiary/aromatic N) is 4. The van der Waals surface area contributed by atoms with E-state index >= 15 is 0 Å². The normalized spacial score (nSPS) is 21.4. The summed E-state index contributed by atoms with van der Waals surface area (Å²) in [5.74, 6) is 1.30. The Balaban J connectivity index is 1.54. The number of carbonyl (C=O) groups excluding carboxylic acids is 1. The molecular formula is C22H32N6O3S. The molecule has 1 saturated carbocycles. The second kappa shape index (κ2) is 11.0. The maximum absolute atomic E-state index is 12.8. The summed E-state index contributed by atoms with van der Waals surface area (Å²) in [6, 6.07) is 0.241. The van der Waals surface area contributed by atoms with Crippen LogP contribution in [-0.4, -0.2) is 75.9 Å². The first kappa shape index (κ1) is 22.9. The number of thiazole rings is 1. The predicted octanol–water partition coefficient (Wildman–Crippen LogP) is 3.00. The van der Waals surface area contributed by atoms with Crippen LogP contribution in [0.1, 0.15) is 55.1 Å². The lowest BCUT2D eigenvalue weighted by Gasteiger charge is -2.27. The van der Waals surface area contributed by atoms with Gasteiger partial charge in [0.05, 0.1) is 31.1 Å². The van der Waals surface area contributed by atoms with E-state index in [2.05, 4.69) is 27.5 Å². The van der Waals surface area contributed by atoms with Crippen molar-refractivity contribution >= 4 is 29.0 Å². The van der Waals surface area contributed by atoms with Gasteiger partial charge in [0.2, 0.25) is 5.95 Å². The highest BCUT2D eigenvalue weighted by Crippen LogP contribution is 2.33. The van der Waals surface area contributed by atoms with Gasteiger partial charge in [-0.1, -0.05) is 13.3 Å². The fourth-order valence-electron chi connectivity index (χ4n) is 3.94. The molecule has 1 aliphatic heterocycles. The van der Waals surface area contributed by atoms with Crippen LogP contribution in [0.5, 0.6) is 0 Å². The van der Waals surface area contributed by atoms with Crippen molar-refractivity contribution in [3.63, 3.8) is 0 Å². The molecule has 2 aromatic heterocycles. The lowest BCUT2D eigenvalue weighted by Crippen LogP contribution is -2.40. The summed E-state index contributed by atoms with van der Waals surface area (Å²) in [5, 5.41) is 17.4. The van der Waals surface area contributed by atoms with Crippen molar-refractivity contribution in [2.24, 2.45) is 0 Å². The van der Waals surface area contributed by atoms with E-state index < -0.39 is 0 Å². The molecule has 1 saturated heterocycles. The van der Waals surface area contributed by atoms with Gasteiger partial charge in [0.15, 0.2) is 0 Å². The van der Waals surface area contributed by atoms with E-state index in [0.717, 1.165) is 61.5 Å². The molecule has 2 aromatic rings. The van der Waals surface area contributed by atoms with Crippen molar-refractivity contribution in [3.8, 4) is 10.6 Å². The zero-order valence-corrected chi connectivity index (χ0v) is 19.4. The summed E-state index contributed by atoms with van der Waals surface area (Å²) in [6.07, 6.45) is 8.72. The van der Waals surface area contributed by atoms with Crippen LogP contribution in [0.2, 0.25) is 0 Å². The maximum Gasteiger partial charge on any atom is 0.265 e. The van der Waals surface area contributed by atoms with Crippen molar-refractivity contribution in [1.82, 2.24) is 19.9 Å². The van der Waals surface area contributed by atoms with Crippen LogP contribution in [0.4, 0.5) is 11.8 Å². The lowest BCUT2D eigenvalue weighted by molar-refractivity contribution is 0.0306. The van der Waals surface area contributed by atoms with E-state index in [1.165, 1.54) is 11.3 Å². The molecule has 2 fully saturated rings. The first-order valence-electron chi connectivity index (χ1n) is 11.5. The van der Waals surface area contributed by atoms with E-state index in [9.17, 15) is 9.90 Å². The maximum atomic E-state index is 12.8. The zero-order chi connectivity index (χ0) is 22.3. The number of ether oxygens (including phenoxy) is 1. The third-order valence-corrected chi connectivity index (χ3v) is 6.90. The Morgan fingerprint density at radius 3 is 2.75 bits per heavy atom. The SMILES string of the molecule is CCCCNc1ncc(-c2ncc(C(=O)N3CCOCC3)s2)c(NC2CCC(O)CC2)n1. The molecule has 32 heavy (non-hydrogen) atoms. The fourth-order valence-corrected chi connectivity index (χ4v) is 4.84. The van der Waals surface area contributed by atoms with Gasteiger partial charge >= 0.3 is 0 Å². The highest BCUT2D eigenvalue weighted by Gasteiger charge is 2.24. The average molecular weight is 461 g/mol. The third kappa shape index (κ3) is 5.73. The van der Waals surface area contributed by atoms with Gasteiger partial charge in [-0.15, -0.1) is 11.3 Å². The molecule has 9 nitrogen and oxygen atoms in total. The summed E-state index contributed by atoms with van der Waals surface area (Å²) >= 11 is 1.37. The largest absolute Gasteiger partial charge is 0.393 e. The molecule has 3 N–H and O–H groups in total. The van der Waals surface area contributed by atoms with Gasteiger partial charge in [0.25, 0.3) is 5.91 Å². The van der Waals surface area contributed by atoms with E-state index in [1.54, 1.807) is 12.4 Å². The summed E-state index contributed by atoms with van der Waals surface area (Å²) in [7, 11) is 0. The van der Waals surface area contributed by atoms with Gasteiger partial charge in [-0.05, 0) is 32.1 Å². The van der Waals surface area contributed by atoms with Crippen molar-refractivity contribution in [1.29, 1.82) is 0 Å². The minimum Gasteiger partial charge on any atom is -0.393 e. The molecule has 4 rings (SSSR count). The average Bonchev–Trinajstić information content (AvgIpc) is 3.31. The Labute approximate surface area is 192 Å². The van der Waals surface area contributed by atoms with E-state index in [-0.39, 0.29) is 18.1 Å². The number of unbranched alkanes of at least 4 members (excludes halogenated alkanes) is 1. The van der Waals surface area contributed by atoms with Gasteiger partial charge in [-0.25, -0.2) is 9.97 Å². The Kier molecular flexibility index (Phi) is 7.88. The Morgan fingerprint density at radius 2 is 2.00 bits per heavy atom.